The van der Waals surface area contributed by atoms with Crippen LogP contribution in [-0.2, 0) is 19.3 Å². The monoisotopic (exact) mass is 834 g/mol. The molecule has 2 aliphatic rings. The Morgan fingerprint density at radius 3 is 1.47 bits per heavy atom. The van der Waals surface area contributed by atoms with Crippen molar-refractivity contribution in [2.24, 2.45) is 0 Å². The second kappa shape index (κ2) is 20.7. The fourth-order valence-electron chi connectivity index (χ4n) is 8.27. The summed E-state index contributed by atoms with van der Waals surface area (Å²) in [5.74, 6) is 0.735. The number of fused-ring (bicyclic) bond motifs is 2. The molecular formula is C52H58N4O6. The highest BCUT2D eigenvalue weighted by atomic mass is 16.5. The highest BCUT2D eigenvalue weighted by molar-refractivity contribution is 5.89. The number of aromatic carboxylic acids is 2. The Balaban J connectivity index is 0.000000204. The summed E-state index contributed by atoms with van der Waals surface area (Å²) in [6, 6.07) is 33.0. The van der Waals surface area contributed by atoms with E-state index in [9.17, 15) is 19.8 Å². The van der Waals surface area contributed by atoms with E-state index in [-0.39, 0.29) is 7.43 Å². The number of aryl methyl sites for hydroxylation is 4. The second-order valence-corrected chi connectivity index (χ2v) is 15.8. The molecule has 0 fully saturated rings. The minimum Gasteiger partial charge on any atom is -0.493 e. The van der Waals surface area contributed by atoms with Crippen LogP contribution < -0.4 is 19.3 Å². The van der Waals surface area contributed by atoms with Crippen LogP contribution in [0.5, 0.6) is 11.5 Å². The Bertz CT molecular complexity index is 2450. The van der Waals surface area contributed by atoms with Crippen LogP contribution in [0.2, 0.25) is 0 Å². The molecule has 0 spiro atoms. The highest BCUT2D eigenvalue weighted by Gasteiger charge is 2.25. The quantitative estimate of drug-likeness (QED) is 0.116. The first kappa shape index (κ1) is 44.9. The van der Waals surface area contributed by atoms with Crippen LogP contribution >= 0.6 is 0 Å². The molecule has 0 amide bonds. The van der Waals surface area contributed by atoms with Gasteiger partial charge in [-0.1, -0.05) is 56.3 Å². The van der Waals surface area contributed by atoms with Gasteiger partial charge in [0.25, 0.3) is 0 Å². The van der Waals surface area contributed by atoms with Crippen molar-refractivity contribution >= 4 is 34.7 Å². The van der Waals surface area contributed by atoms with Gasteiger partial charge < -0.3 is 29.5 Å². The van der Waals surface area contributed by atoms with Crippen molar-refractivity contribution in [2.45, 2.75) is 78.1 Å². The number of nitrogens with zero attached hydrogens (tertiary/aromatic N) is 4. The lowest BCUT2D eigenvalue weighted by Crippen LogP contribution is -2.17. The number of carboxylic acids is 2. The van der Waals surface area contributed by atoms with Gasteiger partial charge in [0.15, 0.2) is 0 Å². The number of carbonyl (C=O) groups is 2. The van der Waals surface area contributed by atoms with Gasteiger partial charge in [-0.05, 0) is 140 Å². The van der Waals surface area contributed by atoms with E-state index < -0.39 is 11.9 Å². The Labute approximate surface area is 365 Å². The summed E-state index contributed by atoms with van der Waals surface area (Å²) in [7, 11) is 4.13. The van der Waals surface area contributed by atoms with Gasteiger partial charge in [-0.15, -0.1) is 0 Å². The topological polar surface area (TPSA) is 125 Å². The van der Waals surface area contributed by atoms with Crippen LogP contribution in [0, 0.1) is 6.92 Å². The number of ether oxygens (including phenoxy) is 2. The fraction of sp³-hybridized carbons (Fsp3) is 0.308. The third kappa shape index (κ3) is 10.6. The maximum atomic E-state index is 11.5. The largest absolute Gasteiger partial charge is 0.493 e. The zero-order valence-electron chi connectivity index (χ0n) is 35.4. The van der Waals surface area contributed by atoms with Gasteiger partial charge in [0, 0.05) is 73.8 Å². The first-order valence-electron chi connectivity index (χ1n) is 21.1. The Morgan fingerprint density at radius 2 is 1.05 bits per heavy atom. The molecule has 322 valence electrons. The van der Waals surface area contributed by atoms with E-state index >= 15 is 0 Å². The number of hydrogen-bond acceptors (Lipinski definition) is 8. The number of carboxylic acid groups (broad SMARTS) is 2. The summed E-state index contributed by atoms with van der Waals surface area (Å²) in [5.41, 5.74) is 11.7. The van der Waals surface area contributed by atoms with Crippen molar-refractivity contribution in [1.29, 1.82) is 0 Å². The van der Waals surface area contributed by atoms with Gasteiger partial charge in [0.2, 0.25) is 0 Å². The van der Waals surface area contributed by atoms with Crippen LogP contribution in [0.3, 0.4) is 0 Å². The van der Waals surface area contributed by atoms with E-state index in [4.69, 9.17) is 9.47 Å². The van der Waals surface area contributed by atoms with Gasteiger partial charge in [-0.25, -0.2) is 9.59 Å². The molecule has 10 heteroatoms. The molecule has 0 radical (unpaired) electrons. The number of rotatable bonds is 13. The highest BCUT2D eigenvalue weighted by Crippen LogP contribution is 2.41. The molecule has 6 aromatic rings. The Morgan fingerprint density at radius 1 is 0.629 bits per heavy atom. The maximum Gasteiger partial charge on any atom is 0.336 e. The van der Waals surface area contributed by atoms with Crippen molar-refractivity contribution in [1.82, 2.24) is 9.97 Å². The summed E-state index contributed by atoms with van der Waals surface area (Å²) in [6.07, 6.45) is 12.4. The SMILES string of the molecule is C.CCc1ccc(N(C)c2ccc3c(c2)OCC[C@H]3CCc2cnccc2C(=O)O)cc1.Cc1ccc(N(C)c2ccc3c(c2)OCC[C@H]3CCc2cnccc2C(=O)O)cc1. The van der Waals surface area contributed by atoms with Gasteiger partial charge in [-0.3, -0.25) is 9.97 Å². The van der Waals surface area contributed by atoms with Crippen molar-refractivity contribution in [2.75, 3.05) is 37.1 Å². The normalized spacial score (nSPS) is 14.9. The average molecular weight is 835 g/mol. The third-order valence-corrected chi connectivity index (χ3v) is 12.0. The molecule has 10 nitrogen and oxygen atoms in total. The molecule has 2 N–H and O–H groups in total. The number of pyridine rings is 2. The molecule has 2 atom stereocenters. The molecule has 2 aliphatic heterocycles. The zero-order chi connectivity index (χ0) is 42.9. The average Bonchev–Trinajstić information content (AvgIpc) is 3.29. The molecule has 8 rings (SSSR count). The van der Waals surface area contributed by atoms with E-state index in [1.165, 1.54) is 34.6 Å². The summed E-state index contributed by atoms with van der Waals surface area (Å²) < 4.78 is 12.0. The lowest BCUT2D eigenvalue weighted by molar-refractivity contribution is 0.0684. The van der Waals surface area contributed by atoms with Crippen LogP contribution in [0.1, 0.15) is 106 Å². The molecule has 0 aliphatic carbocycles. The minimum absolute atomic E-state index is 0. The molecule has 0 bridgehead atoms. The van der Waals surface area contributed by atoms with Crippen molar-refractivity contribution in [3.63, 3.8) is 0 Å². The third-order valence-electron chi connectivity index (χ3n) is 12.0. The van der Waals surface area contributed by atoms with Crippen molar-refractivity contribution < 1.29 is 29.3 Å². The summed E-state index contributed by atoms with van der Waals surface area (Å²) in [5, 5.41) is 18.8. The smallest absolute Gasteiger partial charge is 0.336 e. The lowest BCUT2D eigenvalue weighted by Gasteiger charge is -2.28. The number of hydrogen-bond donors (Lipinski definition) is 2. The fourth-order valence-corrected chi connectivity index (χ4v) is 8.27. The number of benzene rings is 4. The first-order valence-corrected chi connectivity index (χ1v) is 21.1. The molecule has 4 heterocycles. The van der Waals surface area contributed by atoms with Crippen LogP contribution in [0.25, 0.3) is 0 Å². The Hall–Kier alpha value is -6.68. The van der Waals surface area contributed by atoms with Crippen molar-refractivity contribution in [3.05, 3.63) is 166 Å². The molecule has 62 heavy (non-hydrogen) atoms. The predicted molar refractivity (Wildman–Crippen MR) is 247 cm³/mol. The molecule has 0 saturated carbocycles. The standard InChI is InChI=1S/C26H28N2O3.C25H26N2O3.CH4/c1-3-18-4-8-21(9-5-18)28(2)22-10-11-23-19(13-15-31-25(23)16-22)6-7-20-17-27-14-12-24(20)26(29)30;1-17-3-7-20(8-4-17)27(2)21-9-10-22-18(12-14-30-24(22)15-21)5-6-19-16-26-13-11-23(19)25(28)29;/h4-5,8-12,14,16-17,19H,3,6-7,13,15H2,1-2H3,(H,29,30);3-4,7-11,13,15-16,18H,5-6,12,14H2,1-2H3,(H,28,29);1H4/t19-;18-;/m11./s1. The molecule has 4 aromatic carbocycles. The van der Waals surface area contributed by atoms with Crippen molar-refractivity contribution in [3.8, 4) is 11.5 Å². The van der Waals surface area contributed by atoms with E-state index in [2.05, 4.69) is 133 Å². The van der Waals surface area contributed by atoms with Crippen LogP contribution in [0.4, 0.5) is 22.7 Å². The predicted octanol–water partition coefficient (Wildman–Crippen LogP) is 11.6. The lowest BCUT2D eigenvalue weighted by atomic mass is 9.87. The van der Waals surface area contributed by atoms with Gasteiger partial charge >= 0.3 is 11.9 Å². The summed E-state index contributed by atoms with van der Waals surface area (Å²) >= 11 is 0. The molecule has 0 unspecified atom stereocenters. The van der Waals surface area contributed by atoms with Gasteiger partial charge in [0.05, 0.1) is 24.3 Å². The van der Waals surface area contributed by atoms with Crippen LogP contribution in [0.15, 0.2) is 122 Å². The first-order chi connectivity index (χ1) is 29.6. The molecule has 0 saturated heterocycles. The number of anilines is 4. The van der Waals surface area contributed by atoms with E-state index in [0.29, 0.717) is 49.0 Å². The maximum absolute atomic E-state index is 11.5. The minimum atomic E-state index is -0.899. The number of aromatic nitrogens is 2. The molecular weight excluding hydrogens is 777 g/mol. The summed E-state index contributed by atoms with van der Waals surface area (Å²) in [6.45, 7) is 5.59. The second-order valence-electron chi connectivity index (χ2n) is 15.8. The molecule has 2 aromatic heterocycles. The Kier molecular flexibility index (Phi) is 15.0. The summed E-state index contributed by atoms with van der Waals surface area (Å²) in [4.78, 5) is 35.5. The van der Waals surface area contributed by atoms with E-state index in [0.717, 1.165) is 77.5 Å². The van der Waals surface area contributed by atoms with E-state index in [1.54, 1.807) is 24.5 Å². The zero-order valence-corrected chi connectivity index (χ0v) is 35.4. The van der Waals surface area contributed by atoms with Gasteiger partial charge in [0.1, 0.15) is 11.5 Å². The van der Waals surface area contributed by atoms with E-state index in [1.807, 2.05) is 0 Å². The van der Waals surface area contributed by atoms with Gasteiger partial charge in [-0.2, -0.15) is 0 Å². The van der Waals surface area contributed by atoms with Crippen LogP contribution in [-0.4, -0.2) is 59.4 Å².